The summed E-state index contributed by atoms with van der Waals surface area (Å²) in [5.74, 6) is -7.41. The molecule has 90 valence electrons. The number of halogens is 3. The van der Waals surface area contributed by atoms with Crippen molar-refractivity contribution >= 4 is 5.91 Å². The van der Waals surface area contributed by atoms with Crippen LogP contribution in [-0.4, -0.2) is 17.6 Å². The number of rotatable bonds is 3. The molecule has 0 aliphatic carbocycles. The van der Waals surface area contributed by atoms with E-state index in [1.807, 2.05) is 0 Å². The third-order valence-electron chi connectivity index (χ3n) is 1.90. The number of benzene rings is 1. The summed E-state index contributed by atoms with van der Waals surface area (Å²) in [4.78, 5) is 11.3. The molecule has 2 N–H and O–H groups in total. The summed E-state index contributed by atoms with van der Waals surface area (Å²) < 4.78 is 38.8. The lowest BCUT2D eigenvalue weighted by Gasteiger charge is -2.06. The molecule has 0 unspecified atom stereocenters. The molecule has 1 aromatic carbocycles. The Hall–Kier alpha value is -2.23. The maximum atomic E-state index is 13.2. The first-order valence-corrected chi connectivity index (χ1v) is 4.50. The molecule has 1 rings (SSSR count). The average Bonchev–Trinajstić information content (AvgIpc) is 2.31. The summed E-state index contributed by atoms with van der Waals surface area (Å²) in [6.45, 7) is -0.0610. The van der Waals surface area contributed by atoms with Crippen molar-refractivity contribution in [1.82, 2.24) is 5.32 Å². The zero-order valence-corrected chi connectivity index (χ0v) is 8.43. The number of hydrogen-bond donors (Lipinski definition) is 2. The zero-order valence-electron chi connectivity index (χ0n) is 8.43. The Morgan fingerprint density at radius 1 is 1.41 bits per heavy atom. The molecule has 7 heteroatoms. The highest BCUT2D eigenvalue weighted by molar-refractivity contribution is 5.94. The van der Waals surface area contributed by atoms with Crippen molar-refractivity contribution in [2.75, 3.05) is 6.54 Å². The number of phenols is 1. The van der Waals surface area contributed by atoms with Crippen LogP contribution in [0.3, 0.4) is 0 Å². The Bertz CT molecular complexity index is 497. The van der Waals surface area contributed by atoms with Crippen molar-refractivity contribution in [3.05, 3.63) is 29.1 Å². The highest BCUT2D eigenvalue weighted by Gasteiger charge is 2.22. The van der Waals surface area contributed by atoms with E-state index in [2.05, 4.69) is 5.32 Å². The maximum Gasteiger partial charge on any atom is 0.254 e. The van der Waals surface area contributed by atoms with Crippen molar-refractivity contribution in [3.63, 3.8) is 0 Å². The summed E-state index contributed by atoms with van der Waals surface area (Å²) in [6, 6.07) is 2.07. The monoisotopic (exact) mass is 244 g/mol. The van der Waals surface area contributed by atoms with E-state index in [1.54, 1.807) is 6.07 Å². The zero-order chi connectivity index (χ0) is 13.0. The lowest BCUT2D eigenvalue weighted by atomic mass is 10.1. The van der Waals surface area contributed by atoms with Crippen LogP contribution in [0.15, 0.2) is 6.07 Å². The smallest absolute Gasteiger partial charge is 0.254 e. The van der Waals surface area contributed by atoms with Gasteiger partial charge in [-0.25, -0.2) is 8.78 Å². The molecule has 0 saturated heterocycles. The van der Waals surface area contributed by atoms with Crippen LogP contribution in [0.1, 0.15) is 16.8 Å². The third-order valence-corrected chi connectivity index (χ3v) is 1.90. The second-order valence-electron chi connectivity index (χ2n) is 3.05. The van der Waals surface area contributed by atoms with E-state index in [0.29, 0.717) is 6.07 Å². The van der Waals surface area contributed by atoms with Crippen LogP contribution in [0.25, 0.3) is 0 Å². The number of carbonyl (C=O) groups excluding carboxylic acids is 1. The second-order valence-corrected chi connectivity index (χ2v) is 3.05. The van der Waals surface area contributed by atoms with Gasteiger partial charge in [0.25, 0.3) is 5.91 Å². The molecule has 0 aliphatic rings. The molecular formula is C10H7F3N2O2. The van der Waals surface area contributed by atoms with E-state index in [0.717, 1.165) is 0 Å². The molecule has 4 nitrogen and oxygen atoms in total. The molecule has 0 radical (unpaired) electrons. The number of nitrogens with zero attached hydrogens (tertiary/aromatic N) is 1. The molecule has 0 fully saturated rings. The van der Waals surface area contributed by atoms with E-state index >= 15 is 0 Å². The first kappa shape index (κ1) is 12.8. The molecule has 1 amide bonds. The Morgan fingerprint density at radius 3 is 2.65 bits per heavy atom. The minimum Gasteiger partial charge on any atom is -0.503 e. The Labute approximate surface area is 94.3 Å². The van der Waals surface area contributed by atoms with Gasteiger partial charge in [-0.2, -0.15) is 9.65 Å². The fraction of sp³-hybridized carbons (Fsp3) is 0.200. The number of carbonyl (C=O) groups is 1. The van der Waals surface area contributed by atoms with Crippen LogP contribution >= 0.6 is 0 Å². The van der Waals surface area contributed by atoms with Gasteiger partial charge in [-0.1, -0.05) is 0 Å². The summed E-state index contributed by atoms with van der Waals surface area (Å²) in [6.07, 6.45) is -0.0109. The van der Waals surface area contributed by atoms with Crippen molar-refractivity contribution in [3.8, 4) is 11.8 Å². The molecular weight excluding hydrogens is 237 g/mol. The molecule has 1 aromatic rings. The lowest BCUT2D eigenvalue weighted by molar-refractivity contribution is 0.0948. The van der Waals surface area contributed by atoms with E-state index in [4.69, 9.17) is 10.4 Å². The van der Waals surface area contributed by atoms with Gasteiger partial charge >= 0.3 is 0 Å². The van der Waals surface area contributed by atoms with Gasteiger partial charge in [-0.05, 0) is 6.07 Å². The molecule has 0 heterocycles. The predicted molar refractivity (Wildman–Crippen MR) is 50.5 cm³/mol. The average molecular weight is 244 g/mol. The molecule has 0 aromatic heterocycles. The Morgan fingerprint density at radius 2 is 2.06 bits per heavy atom. The standard InChI is InChI=1S/C10H7F3N2O2/c11-6-4-5(7(12)9(16)8(6)13)10(17)15-3-1-2-14/h4,16H,1,3H2,(H,15,17). The van der Waals surface area contributed by atoms with Gasteiger partial charge in [0.2, 0.25) is 5.82 Å². The quantitative estimate of drug-likeness (QED) is 0.624. The first-order chi connectivity index (χ1) is 7.99. The van der Waals surface area contributed by atoms with Gasteiger partial charge in [0.15, 0.2) is 17.4 Å². The number of nitriles is 1. The van der Waals surface area contributed by atoms with E-state index in [1.165, 1.54) is 0 Å². The number of hydrogen-bond acceptors (Lipinski definition) is 3. The molecule has 0 bridgehead atoms. The Balaban J connectivity index is 2.99. The van der Waals surface area contributed by atoms with Gasteiger partial charge in [-0.15, -0.1) is 0 Å². The summed E-state index contributed by atoms with van der Waals surface area (Å²) in [7, 11) is 0. The molecule has 17 heavy (non-hydrogen) atoms. The topological polar surface area (TPSA) is 73.1 Å². The van der Waals surface area contributed by atoms with Crippen LogP contribution in [-0.2, 0) is 0 Å². The van der Waals surface area contributed by atoms with Gasteiger partial charge in [0.1, 0.15) is 0 Å². The lowest BCUT2D eigenvalue weighted by Crippen LogP contribution is -2.25. The van der Waals surface area contributed by atoms with Crippen LogP contribution in [0.5, 0.6) is 5.75 Å². The number of phenolic OH excluding ortho intramolecular Hbond substituents is 1. The summed E-state index contributed by atoms with van der Waals surface area (Å²) in [5.41, 5.74) is -0.820. The first-order valence-electron chi connectivity index (χ1n) is 4.50. The maximum absolute atomic E-state index is 13.2. The number of nitrogens with one attached hydrogen (secondary N) is 1. The van der Waals surface area contributed by atoms with Crippen molar-refractivity contribution in [1.29, 1.82) is 5.26 Å². The predicted octanol–water partition coefficient (Wildman–Crippen LogP) is 1.45. The largest absolute Gasteiger partial charge is 0.503 e. The van der Waals surface area contributed by atoms with Crippen molar-refractivity contribution in [2.24, 2.45) is 0 Å². The van der Waals surface area contributed by atoms with Gasteiger partial charge in [0, 0.05) is 6.54 Å². The van der Waals surface area contributed by atoms with E-state index in [9.17, 15) is 18.0 Å². The molecule has 0 spiro atoms. The fourth-order valence-electron chi connectivity index (χ4n) is 1.08. The highest BCUT2D eigenvalue weighted by atomic mass is 19.2. The summed E-state index contributed by atoms with van der Waals surface area (Å²) in [5, 5.41) is 19.2. The van der Waals surface area contributed by atoms with Crippen LogP contribution in [0, 0.1) is 28.8 Å². The molecule has 0 atom stereocenters. The normalized spacial score (nSPS) is 9.76. The molecule has 0 aliphatic heterocycles. The number of amides is 1. The summed E-state index contributed by atoms with van der Waals surface area (Å²) >= 11 is 0. The number of aromatic hydroxyl groups is 1. The van der Waals surface area contributed by atoms with Gasteiger partial charge in [0.05, 0.1) is 18.1 Å². The van der Waals surface area contributed by atoms with Crippen molar-refractivity contribution < 1.29 is 23.1 Å². The SMILES string of the molecule is N#CCCNC(=O)c1cc(F)c(F)c(O)c1F. The van der Waals surface area contributed by atoms with Crippen molar-refractivity contribution in [2.45, 2.75) is 6.42 Å². The fourth-order valence-corrected chi connectivity index (χ4v) is 1.08. The van der Waals surface area contributed by atoms with Crippen LogP contribution < -0.4 is 5.32 Å². The third kappa shape index (κ3) is 2.66. The van der Waals surface area contributed by atoms with Gasteiger partial charge < -0.3 is 10.4 Å². The second kappa shape index (κ2) is 5.21. The van der Waals surface area contributed by atoms with Gasteiger partial charge in [-0.3, -0.25) is 4.79 Å². The van der Waals surface area contributed by atoms with E-state index in [-0.39, 0.29) is 13.0 Å². The molecule has 0 saturated carbocycles. The minimum atomic E-state index is -1.75. The minimum absolute atomic E-state index is 0.0109. The van der Waals surface area contributed by atoms with Crippen LogP contribution in [0.2, 0.25) is 0 Å². The van der Waals surface area contributed by atoms with Crippen LogP contribution in [0.4, 0.5) is 13.2 Å². The highest BCUT2D eigenvalue weighted by Crippen LogP contribution is 2.25. The van der Waals surface area contributed by atoms with E-state index < -0.39 is 34.7 Å². The Kier molecular flexibility index (Phi) is 3.93.